The van der Waals surface area contributed by atoms with Crippen molar-refractivity contribution in [2.24, 2.45) is 5.84 Å². The van der Waals surface area contributed by atoms with Crippen LogP contribution >= 0.6 is 23.5 Å². The van der Waals surface area contributed by atoms with E-state index < -0.39 is 0 Å². The highest BCUT2D eigenvalue weighted by Crippen LogP contribution is 2.52. The number of anilines is 1. The third-order valence-electron chi connectivity index (χ3n) is 3.86. The first-order valence-electron chi connectivity index (χ1n) is 7.46. The third kappa shape index (κ3) is 2.85. The second-order valence-electron chi connectivity index (χ2n) is 5.39. The van der Waals surface area contributed by atoms with E-state index in [0.29, 0.717) is 0 Å². The summed E-state index contributed by atoms with van der Waals surface area (Å²) in [5.41, 5.74) is 6.51. The second kappa shape index (κ2) is 6.32. The van der Waals surface area contributed by atoms with Gasteiger partial charge in [-0.25, -0.2) is 0 Å². The molecule has 1 aliphatic rings. The Labute approximate surface area is 144 Å². The van der Waals surface area contributed by atoms with Gasteiger partial charge >= 0.3 is 0 Å². The van der Waals surface area contributed by atoms with Gasteiger partial charge in [0, 0.05) is 14.7 Å². The minimum atomic E-state index is 0.950. The van der Waals surface area contributed by atoms with Crippen LogP contribution in [0.15, 0.2) is 86.3 Å². The number of benzene rings is 3. The molecule has 3 aromatic carbocycles. The highest BCUT2D eigenvalue weighted by Gasteiger charge is 2.21. The number of hydrogen-bond donors (Lipinski definition) is 2. The van der Waals surface area contributed by atoms with Crippen molar-refractivity contribution in [1.29, 1.82) is 0 Å². The molecule has 0 aromatic heterocycles. The first kappa shape index (κ1) is 14.7. The van der Waals surface area contributed by atoms with Gasteiger partial charge in [-0.3, -0.25) is 5.84 Å². The average molecular weight is 336 g/mol. The van der Waals surface area contributed by atoms with Crippen LogP contribution in [0.5, 0.6) is 0 Å². The van der Waals surface area contributed by atoms with Crippen molar-refractivity contribution in [1.82, 2.24) is 0 Å². The molecule has 0 atom stereocenters. The van der Waals surface area contributed by atoms with Crippen LogP contribution in [0.3, 0.4) is 0 Å². The summed E-state index contributed by atoms with van der Waals surface area (Å²) in [5.74, 6) is 5.68. The van der Waals surface area contributed by atoms with E-state index in [-0.39, 0.29) is 0 Å². The van der Waals surface area contributed by atoms with Gasteiger partial charge in [-0.1, -0.05) is 72.1 Å². The topological polar surface area (TPSA) is 38.0 Å². The lowest BCUT2D eigenvalue weighted by molar-refractivity contribution is 1.05. The molecule has 0 radical (unpaired) electrons. The van der Waals surface area contributed by atoms with E-state index in [1.807, 2.05) is 35.7 Å². The van der Waals surface area contributed by atoms with E-state index in [2.05, 4.69) is 60.0 Å². The molecule has 0 unspecified atom stereocenters. The van der Waals surface area contributed by atoms with E-state index in [9.17, 15) is 0 Å². The number of hydrogen-bond acceptors (Lipinski definition) is 4. The molecule has 2 nitrogen and oxygen atoms in total. The number of nitrogen functional groups attached to an aromatic ring is 1. The molecule has 0 aliphatic carbocycles. The number of nitrogens with one attached hydrogen (secondary N) is 1. The summed E-state index contributed by atoms with van der Waals surface area (Å²) in [6, 6.07) is 23.4. The SMILES string of the molecule is NNc1cccc2c1Sc1c(Cc3ccccc3)cccc1S2. The van der Waals surface area contributed by atoms with Crippen LogP contribution in [0.2, 0.25) is 0 Å². The molecule has 1 heterocycles. The molecule has 23 heavy (non-hydrogen) atoms. The lowest BCUT2D eigenvalue weighted by Crippen LogP contribution is -2.09. The molecule has 0 saturated heterocycles. The lowest BCUT2D eigenvalue weighted by Gasteiger charge is -2.23. The number of nitrogens with two attached hydrogens (primary N) is 1. The van der Waals surface area contributed by atoms with Gasteiger partial charge in [0.1, 0.15) is 0 Å². The summed E-state index contributed by atoms with van der Waals surface area (Å²) < 4.78 is 0. The molecule has 3 N–H and O–H groups in total. The van der Waals surface area contributed by atoms with Crippen molar-refractivity contribution in [3.63, 3.8) is 0 Å². The molecule has 0 bridgehead atoms. The van der Waals surface area contributed by atoms with Gasteiger partial charge in [0.2, 0.25) is 0 Å². The fourth-order valence-corrected chi connectivity index (χ4v) is 5.25. The standard InChI is InChI=1S/C19H16N2S2/c20-21-15-9-5-11-17-19(15)23-18-14(8-4-10-16(18)22-17)12-13-6-2-1-3-7-13/h1-11,21H,12,20H2. The largest absolute Gasteiger partial charge is 0.323 e. The number of rotatable bonds is 3. The van der Waals surface area contributed by atoms with Gasteiger partial charge in [0.15, 0.2) is 0 Å². The van der Waals surface area contributed by atoms with Gasteiger partial charge in [-0.15, -0.1) is 0 Å². The Morgan fingerprint density at radius 1 is 0.739 bits per heavy atom. The van der Waals surface area contributed by atoms with Gasteiger partial charge in [-0.2, -0.15) is 0 Å². The first-order chi connectivity index (χ1) is 11.3. The minimum absolute atomic E-state index is 0.950. The fourth-order valence-electron chi connectivity index (χ4n) is 2.75. The van der Waals surface area contributed by atoms with Crippen LogP contribution < -0.4 is 11.3 Å². The maximum absolute atomic E-state index is 5.68. The molecule has 0 saturated carbocycles. The smallest absolute Gasteiger partial charge is 0.0636 e. The van der Waals surface area contributed by atoms with Crippen molar-refractivity contribution in [2.75, 3.05) is 5.43 Å². The van der Waals surface area contributed by atoms with Crippen LogP contribution in [0, 0.1) is 0 Å². The van der Waals surface area contributed by atoms with Crippen molar-refractivity contribution < 1.29 is 0 Å². The molecule has 0 fully saturated rings. The maximum Gasteiger partial charge on any atom is 0.0636 e. The molecule has 1 aliphatic heterocycles. The van der Waals surface area contributed by atoms with Crippen LogP contribution in [0.4, 0.5) is 5.69 Å². The Morgan fingerprint density at radius 3 is 2.26 bits per heavy atom. The van der Waals surface area contributed by atoms with Crippen molar-refractivity contribution in [2.45, 2.75) is 26.0 Å². The van der Waals surface area contributed by atoms with Gasteiger partial charge in [0.05, 0.1) is 10.6 Å². The predicted octanol–water partition coefficient (Wildman–Crippen LogP) is 5.18. The zero-order chi connectivity index (χ0) is 15.6. The molecular weight excluding hydrogens is 320 g/mol. The van der Waals surface area contributed by atoms with Crippen molar-refractivity contribution in [3.8, 4) is 0 Å². The van der Waals surface area contributed by atoms with Crippen molar-refractivity contribution >= 4 is 29.2 Å². The zero-order valence-corrected chi connectivity index (χ0v) is 14.1. The Balaban J connectivity index is 1.74. The Morgan fingerprint density at radius 2 is 1.48 bits per heavy atom. The predicted molar refractivity (Wildman–Crippen MR) is 98.2 cm³/mol. The summed E-state index contributed by atoms with van der Waals surface area (Å²) in [7, 11) is 0. The van der Waals surface area contributed by atoms with Crippen LogP contribution in [0.1, 0.15) is 11.1 Å². The lowest BCUT2D eigenvalue weighted by atomic mass is 10.1. The second-order valence-corrected chi connectivity index (χ2v) is 7.49. The molecule has 0 spiro atoms. The summed E-state index contributed by atoms with van der Waals surface area (Å²) in [4.78, 5) is 5.14. The fraction of sp³-hybridized carbons (Fsp3) is 0.0526. The van der Waals surface area contributed by atoms with Crippen LogP contribution in [0.25, 0.3) is 0 Å². The number of fused-ring (bicyclic) bond motifs is 2. The van der Waals surface area contributed by atoms with Crippen molar-refractivity contribution in [3.05, 3.63) is 77.9 Å². The van der Waals surface area contributed by atoms with Gasteiger partial charge in [-0.05, 0) is 35.7 Å². The summed E-state index contributed by atoms with van der Waals surface area (Å²) in [6.07, 6.45) is 0.950. The van der Waals surface area contributed by atoms with E-state index >= 15 is 0 Å². The highest BCUT2D eigenvalue weighted by atomic mass is 32.2. The third-order valence-corrected chi connectivity index (χ3v) is 6.57. The van der Waals surface area contributed by atoms with E-state index in [0.717, 1.165) is 12.1 Å². The average Bonchev–Trinajstić information content (AvgIpc) is 2.61. The van der Waals surface area contributed by atoms with E-state index in [1.165, 1.54) is 30.7 Å². The van der Waals surface area contributed by atoms with E-state index in [1.54, 1.807) is 0 Å². The zero-order valence-electron chi connectivity index (χ0n) is 12.5. The van der Waals surface area contributed by atoms with E-state index in [4.69, 9.17) is 5.84 Å². The summed E-state index contributed by atoms with van der Waals surface area (Å²) >= 11 is 3.64. The highest BCUT2D eigenvalue weighted by molar-refractivity contribution is 8.05. The maximum atomic E-state index is 5.68. The van der Waals surface area contributed by atoms with Crippen LogP contribution in [-0.2, 0) is 6.42 Å². The monoisotopic (exact) mass is 336 g/mol. The first-order valence-corrected chi connectivity index (χ1v) is 9.09. The molecule has 0 amide bonds. The molecule has 4 rings (SSSR count). The van der Waals surface area contributed by atoms with Crippen LogP contribution in [-0.4, -0.2) is 0 Å². The Bertz CT molecular complexity index is 847. The normalized spacial score (nSPS) is 12.4. The molecule has 3 aromatic rings. The molecule has 4 heteroatoms. The summed E-state index contributed by atoms with van der Waals surface area (Å²) in [5, 5.41) is 0. The number of hydrazine groups is 1. The van der Waals surface area contributed by atoms with Gasteiger partial charge in [0.25, 0.3) is 0 Å². The summed E-state index contributed by atoms with van der Waals surface area (Å²) in [6.45, 7) is 0. The Kier molecular flexibility index (Phi) is 4.04. The Hall–Kier alpha value is -1.88. The molecular formula is C19H16N2S2. The quantitative estimate of drug-likeness (QED) is 0.399. The minimum Gasteiger partial charge on any atom is -0.323 e. The molecule has 114 valence electrons. The van der Waals surface area contributed by atoms with Gasteiger partial charge < -0.3 is 5.43 Å².